The topological polar surface area (TPSA) is 63.2 Å². The number of aromatic nitrogens is 3. The third-order valence-corrected chi connectivity index (χ3v) is 4.61. The zero-order chi connectivity index (χ0) is 16.5. The number of alkyl halides is 1. The molecule has 126 valence electrons. The standard InChI is InChI=1S/C17H20FN5O/c1-11-16(23-8-5-13-14(23)3-2-6-20-13)21-10-22-17(11)24-15-4-7-19-9-12(15)18/h2-3,6,10,12,15,19H,4-5,7-9H2,1H3. The first-order chi connectivity index (χ1) is 11.7. The minimum atomic E-state index is -1.02. The van der Waals surface area contributed by atoms with Gasteiger partial charge in [-0.2, -0.15) is 0 Å². The van der Waals surface area contributed by atoms with E-state index in [-0.39, 0.29) is 0 Å². The zero-order valence-corrected chi connectivity index (χ0v) is 13.6. The van der Waals surface area contributed by atoms with Crippen LogP contribution in [0.5, 0.6) is 5.88 Å². The Balaban J connectivity index is 1.62. The Bertz CT molecular complexity index is 741. The fraction of sp³-hybridized carbons (Fsp3) is 0.471. The van der Waals surface area contributed by atoms with Gasteiger partial charge < -0.3 is 15.0 Å². The van der Waals surface area contributed by atoms with E-state index in [4.69, 9.17) is 4.74 Å². The van der Waals surface area contributed by atoms with Crippen LogP contribution < -0.4 is 15.0 Å². The number of nitrogens with one attached hydrogen (secondary N) is 1. The summed E-state index contributed by atoms with van der Waals surface area (Å²) in [5.41, 5.74) is 2.97. The van der Waals surface area contributed by atoms with Crippen molar-refractivity contribution in [1.29, 1.82) is 0 Å². The van der Waals surface area contributed by atoms with Gasteiger partial charge in [-0.3, -0.25) is 4.98 Å². The highest BCUT2D eigenvalue weighted by Gasteiger charge is 2.29. The van der Waals surface area contributed by atoms with Crippen molar-refractivity contribution in [2.75, 3.05) is 24.5 Å². The molecule has 0 radical (unpaired) electrons. The number of pyridine rings is 1. The molecule has 2 unspecified atom stereocenters. The lowest BCUT2D eigenvalue weighted by molar-refractivity contribution is 0.0686. The fourth-order valence-electron chi connectivity index (χ4n) is 3.31. The largest absolute Gasteiger partial charge is 0.471 e. The Kier molecular flexibility index (Phi) is 4.02. The Morgan fingerprint density at radius 3 is 3.12 bits per heavy atom. The van der Waals surface area contributed by atoms with E-state index in [1.54, 1.807) is 0 Å². The lowest BCUT2D eigenvalue weighted by Gasteiger charge is -2.28. The highest BCUT2D eigenvalue weighted by Crippen LogP contribution is 2.35. The molecule has 0 aliphatic carbocycles. The number of hydrogen-bond acceptors (Lipinski definition) is 6. The Hall–Kier alpha value is -2.28. The van der Waals surface area contributed by atoms with Crippen LogP contribution in [0.4, 0.5) is 15.9 Å². The molecule has 0 spiro atoms. The molecular formula is C17H20FN5O. The highest BCUT2D eigenvalue weighted by atomic mass is 19.1. The number of piperidine rings is 1. The molecule has 2 aliphatic rings. The molecule has 6 nitrogen and oxygen atoms in total. The molecule has 4 rings (SSSR count). The van der Waals surface area contributed by atoms with Crippen LogP contribution in [0.15, 0.2) is 24.7 Å². The Morgan fingerprint density at radius 1 is 1.33 bits per heavy atom. The number of anilines is 2. The van der Waals surface area contributed by atoms with E-state index in [1.807, 2.05) is 25.3 Å². The summed E-state index contributed by atoms with van der Waals surface area (Å²) in [7, 11) is 0. The first-order valence-corrected chi connectivity index (χ1v) is 8.28. The molecule has 1 saturated heterocycles. The van der Waals surface area contributed by atoms with Crippen molar-refractivity contribution in [3.63, 3.8) is 0 Å². The summed E-state index contributed by atoms with van der Waals surface area (Å²) in [5.74, 6) is 1.27. The zero-order valence-electron chi connectivity index (χ0n) is 13.6. The predicted molar refractivity (Wildman–Crippen MR) is 88.5 cm³/mol. The van der Waals surface area contributed by atoms with E-state index in [1.165, 1.54) is 6.33 Å². The first-order valence-electron chi connectivity index (χ1n) is 8.28. The summed E-state index contributed by atoms with van der Waals surface area (Å²) in [6, 6.07) is 3.97. The third-order valence-electron chi connectivity index (χ3n) is 4.61. The van der Waals surface area contributed by atoms with Crippen molar-refractivity contribution in [2.24, 2.45) is 0 Å². The van der Waals surface area contributed by atoms with Crippen molar-refractivity contribution >= 4 is 11.5 Å². The van der Waals surface area contributed by atoms with Gasteiger partial charge in [0.05, 0.1) is 16.9 Å². The van der Waals surface area contributed by atoms with Crippen molar-refractivity contribution in [3.05, 3.63) is 35.9 Å². The molecule has 0 bridgehead atoms. The fourth-order valence-corrected chi connectivity index (χ4v) is 3.31. The second kappa shape index (κ2) is 6.32. The average Bonchev–Trinajstić information content (AvgIpc) is 3.03. The lowest BCUT2D eigenvalue weighted by Crippen LogP contribution is -2.44. The van der Waals surface area contributed by atoms with Gasteiger partial charge in [-0.25, -0.2) is 14.4 Å². The van der Waals surface area contributed by atoms with E-state index >= 15 is 0 Å². The maximum atomic E-state index is 14.0. The van der Waals surface area contributed by atoms with E-state index in [0.717, 1.165) is 42.3 Å². The van der Waals surface area contributed by atoms with Crippen LogP contribution in [-0.4, -0.2) is 46.9 Å². The molecule has 1 fully saturated rings. The second-order valence-corrected chi connectivity index (χ2v) is 6.16. The maximum absolute atomic E-state index is 14.0. The van der Waals surface area contributed by atoms with Gasteiger partial charge in [-0.1, -0.05) is 0 Å². The normalized spacial score (nSPS) is 23.2. The van der Waals surface area contributed by atoms with E-state index in [0.29, 0.717) is 18.8 Å². The third kappa shape index (κ3) is 2.69. The van der Waals surface area contributed by atoms with Crippen LogP contribution in [0.25, 0.3) is 0 Å². The molecule has 1 N–H and O–H groups in total. The Morgan fingerprint density at radius 2 is 2.25 bits per heavy atom. The van der Waals surface area contributed by atoms with Gasteiger partial charge in [0.25, 0.3) is 0 Å². The van der Waals surface area contributed by atoms with E-state index in [9.17, 15) is 4.39 Å². The predicted octanol–water partition coefficient (Wildman–Crippen LogP) is 1.95. The van der Waals surface area contributed by atoms with E-state index < -0.39 is 12.3 Å². The van der Waals surface area contributed by atoms with Gasteiger partial charge in [-0.15, -0.1) is 0 Å². The van der Waals surface area contributed by atoms with Crippen LogP contribution >= 0.6 is 0 Å². The van der Waals surface area contributed by atoms with Crippen molar-refractivity contribution in [3.8, 4) is 5.88 Å². The second-order valence-electron chi connectivity index (χ2n) is 6.16. The first kappa shape index (κ1) is 15.3. The number of ether oxygens (including phenoxy) is 1. The van der Waals surface area contributed by atoms with Crippen LogP contribution in [0, 0.1) is 6.92 Å². The Labute approximate surface area is 140 Å². The van der Waals surface area contributed by atoms with Crippen molar-refractivity contribution in [2.45, 2.75) is 32.0 Å². The summed E-state index contributed by atoms with van der Waals surface area (Å²) < 4.78 is 19.9. The summed E-state index contributed by atoms with van der Waals surface area (Å²) in [4.78, 5) is 15.2. The molecule has 4 heterocycles. The molecule has 2 aromatic rings. The SMILES string of the molecule is Cc1c(OC2CCNCC2F)ncnc1N1CCc2ncccc21. The molecule has 7 heteroatoms. The maximum Gasteiger partial charge on any atom is 0.221 e. The van der Waals surface area contributed by atoms with E-state index in [2.05, 4.69) is 25.2 Å². The van der Waals surface area contributed by atoms with Gasteiger partial charge in [0.1, 0.15) is 24.4 Å². The summed E-state index contributed by atoms with van der Waals surface area (Å²) in [6.45, 7) is 3.83. The molecule has 0 aromatic carbocycles. The summed E-state index contributed by atoms with van der Waals surface area (Å²) in [5, 5.41) is 3.03. The molecule has 2 aromatic heterocycles. The number of rotatable bonds is 3. The van der Waals surface area contributed by atoms with Crippen LogP contribution in [-0.2, 0) is 6.42 Å². The summed E-state index contributed by atoms with van der Waals surface area (Å²) in [6.07, 6.45) is 3.34. The van der Waals surface area contributed by atoms with Gasteiger partial charge in [0, 0.05) is 25.7 Å². The quantitative estimate of drug-likeness (QED) is 0.929. The van der Waals surface area contributed by atoms with Crippen LogP contribution in [0.3, 0.4) is 0 Å². The van der Waals surface area contributed by atoms with Gasteiger partial charge in [-0.05, 0) is 32.0 Å². The van der Waals surface area contributed by atoms with Crippen LogP contribution in [0.1, 0.15) is 17.7 Å². The number of fused-ring (bicyclic) bond motifs is 1. The van der Waals surface area contributed by atoms with Gasteiger partial charge in [0.2, 0.25) is 5.88 Å². The molecular weight excluding hydrogens is 309 g/mol. The lowest BCUT2D eigenvalue weighted by atomic mass is 10.1. The van der Waals surface area contributed by atoms with Gasteiger partial charge >= 0.3 is 0 Å². The summed E-state index contributed by atoms with van der Waals surface area (Å²) >= 11 is 0. The smallest absolute Gasteiger partial charge is 0.221 e. The number of halogens is 1. The average molecular weight is 329 g/mol. The van der Waals surface area contributed by atoms with Crippen molar-refractivity contribution < 1.29 is 9.13 Å². The van der Waals surface area contributed by atoms with Gasteiger partial charge in [0.15, 0.2) is 0 Å². The van der Waals surface area contributed by atoms with Crippen molar-refractivity contribution in [1.82, 2.24) is 20.3 Å². The molecule has 0 amide bonds. The van der Waals surface area contributed by atoms with Crippen LogP contribution in [0.2, 0.25) is 0 Å². The minimum Gasteiger partial charge on any atom is -0.471 e. The molecule has 2 aliphatic heterocycles. The monoisotopic (exact) mass is 329 g/mol. The number of hydrogen-bond donors (Lipinski definition) is 1. The highest BCUT2D eigenvalue weighted by molar-refractivity contribution is 5.68. The minimum absolute atomic E-state index is 0.326. The molecule has 2 atom stereocenters. The molecule has 0 saturated carbocycles. The molecule has 24 heavy (non-hydrogen) atoms. The number of nitrogens with zero attached hydrogens (tertiary/aromatic N) is 4.